The number of hydrogen-bond donors (Lipinski definition) is 2. The predicted molar refractivity (Wildman–Crippen MR) is 99.2 cm³/mol. The summed E-state index contributed by atoms with van der Waals surface area (Å²) in [5.74, 6) is -1.20. The molecule has 1 heterocycles. The molecule has 0 atom stereocenters. The third kappa shape index (κ3) is 4.89. The molecule has 27 heavy (non-hydrogen) atoms. The fraction of sp³-hybridized carbons (Fsp3) is 0.111. The maximum atomic E-state index is 12.9. The zero-order chi connectivity index (χ0) is 19.4. The SMILES string of the molecule is Cc1ccc(NC(=O)Cn2cnc(NC(=O)c3ccc(F)cc3)n2)cc1Cl. The Morgan fingerprint density at radius 3 is 2.59 bits per heavy atom. The van der Waals surface area contributed by atoms with E-state index in [0.717, 1.165) is 5.56 Å². The van der Waals surface area contributed by atoms with Crippen LogP contribution in [0.4, 0.5) is 16.0 Å². The summed E-state index contributed by atoms with van der Waals surface area (Å²) in [6.07, 6.45) is 1.32. The fourth-order valence-corrected chi connectivity index (χ4v) is 2.40. The first-order chi connectivity index (χ1) is 12.9. The van der Waals surface area contributed by atoms with E-state index in [9.17, 15) is 14.0 Å². The van der Waals surface area contributed by atoms with Gasteiger partial charge in [0.25, 0.3) is 5.91 Å². The van der Waals surface area contributed by atoms with Gasteiger partial charge in [-0.1, -0.05) is 17.7 Å². The lowest BCUT2D eigenvalue weighted by Gasteiger charge is -2.06. The molecule has 2 aromatic carbocycles. The van der Waals surface area contributed by atoms with Crippen molar-refractivity contribution in [2.75, 3.05) is 10.6 Å². The van der Waals surface area contributed by atoms with Crippen molar-refractivity contribution in [1.82, 2.24) is 14.8 Å². The van der Waals surface area contributed by atoms with E-state index < -0.39 is 11.7 Å². The van der Waals surface area contributed by atoms with E-state index in [1.165, 1.54) is 35.3 Å². The smallest absolute Gasteiger partial charge is 0.258 e. The zero-order valence-electron chi connectivity index (χ0n) is 14.2. The van der Waals surface area contributed by atoms with Gasteiger partial charge >= 0.3 is 0 Å². The summed E-state index contributed by atoms with van der Waals surface area (Å²) in [6.45, 7) is 1.77. The molecule has 138 valence electrons. The summed E-state index contributed by atoms with van der Waals surface area (Å²) in [4.78, 5) is 28.1. The molecule has 3 aromatic rings. The van der Waals surface area contributed by atoms with Crippen LogP contribution < -0.4 is 10.6 Å². The second-order valence-corrected chi connectivity index (χ2v) is 6.15. The van der Waals surface area contributed by atoms with Crippen LogP contribution in [-0.4, -0.2) is 26.6 Å². The molecular formula is C18H15ClFN5O2. The van der Waals surface area contributed by atoms with Crippen molar-refractivity contribution in [2.24, 2.45) is 0 Å². The van der Waals surface area contributed by atoms with E-state index in [1.54, 1.807) is 18.2 Å². The number of carbonyl (C=O) groups excluding carboxylic acids is 2. The van der Waals surface area contributed by atoms with Crippen molar-refractivity contribution in [2.45, 2.75) is 13.5 Å². The quantitative estimate of drug-likeness (QED) is 0.703. The highest BCUT2D eigenvalue weighted by Gasteiger charge is 2.11. The molecular weight excluding hydrogens is 373 g/mol. The Kier molecular flexibility index (Phi) is 5.46. The molecule has 9 heteroatoms. The van der Waals surface area contributed by atoms with E-state index in [1.807, 2.05) is 6.92 Å². The lowest BCUT2D eigenvalue weighted by atomic mass is 10.2. The number of carbonyl (C=O) groups is 2. The molecule has 0 bridgehead atoms. The first kappa shape index (κ1) is 18.5. The van der Waals surface area contributed by atoms with Gasteiger partial charge in [-0.05, 0) is 48.9 Å². The summed E-state index contributed by atoms with van der Waals surface area (Å²) in [6, 6.07) is 10.3. The van der Waals surface area contributed by atoms with Gasteiger partial charge < -0.3 is 5.32 Å². The second-order valence-electron chi connectivity index (χ2n) is 5.74. The highest BCUT2D eigenvalue weighted by atomic mass is 35.5. The standard InChI is InChI=1S/C18H15ClFN5O2/c1-11-2-7-14(8-15(11)19)22-16(26)9-25-10-21-18(24-25)23-17(27)12-3-5-13(20)6-4-12/h2-8,10H,9H2,1H3,(H,22,26)(H,23,24,27). The zero-order valence-corrected chi connectivity index (χ0v) is 15.0. The summed E-state index contributed by atoms with van der Waals surface area (Å²) >= 11 is 6.03. The molecule has 0 saturated heterocycles. The number of nitrogens with one attached hydrogen (secondary N) is 2. The van der Waals surface area contributed by atoms with Crippen molar-refractivity contribution >= 4 is 35.1 Å². The highest BCUT2D eigenvalue weighted by molar-refractivity contribution is 6.31. The number of hydrogen-bond acceptors (Lipinski definition) is 4. The van der Waals surface area contributed by atoms with Gasteiger partial charge in [0, 0.05) is 16.3 Å². The Hall–Kier alpha value is -3.26. The molecule has 2 amide bonds. The number of rotatable bonds is 5. The first-order valence-corrected chi connectivity index (χ1v) is 8.31. The normalized spacial score (nSPS) is 10.5. The lowest BCUT2D eigenvalue weighted by molar-refractivity contribution is -0.116. The van der Waals surface area contributed by atoms with Crippen LogP contribution in [0.25, 0.3) is 0 Å². The number of anilines is 2. The molecule has 0 fully saturated rings. The fourth-order valence-electron chi connectivity index (χ4n) is 2.22. The minimum absolute atomic E-state index is 0.0375. The van der Waals surface area contributed by atoms with Crippen LogP contribution >= 0.6 is 11.6 Å². The van der Waals surface area contributed by atoms with Gasteiger partial charge in [-0.25, -0.2) is 14.1 Å². The van der Waals surface area contributed by atoms with Crippen LogP contribution in [-0.2, 0) is 11.3 Å². The topological polar surface area (TPSA) is 88.9 Å². The van der Waals surface area contributed by atoms with Crippen LogP contribution in [0.3, 0.4) is 0 Å². The second kappa shape index (κ2) is 7.96. The molecule has 1 aromatic heterocycles. The first-order valence-electron chi connectivity index (χ1n) is 7.93. The minimum Gasteiger partial charge on any atom is -0.324 e. The van der Waals surface area contributed by atoms with Crippen LogP contribution in [0.15, 0.2) is 48.8 Å². The Balaban J connectivity index is 1.58. The Morgan fingerprint density at radius 1 is 1.15 bits per heavy atom. The van der Waals surface area contributed by atoms with E-state index in [4.69, 9.17) is 11.6 Å². The number of aromatic nitrogens is 3. The monoisotopic (exact) mass is 387 g/mol. The molecule has 0 aliphatic heterocycles. The van der Waals surface area contributed by atoms with Crippen LogP contribution in [0, 0.1) is 12.7 Å². The van der Waals surface area contributed by atoms with E-state index in [2.05, 4.69) is 20.7 Å². The Labute approximate surface area is 159 Å². The maximum absolute atomic E-state index is 12.9. The average Bonchev–Trinajstić information content (AvgIpc) is 3.05. The highest BCUT2D eigenvalue weighted by Crippen LogP contribution is 2.19. The third-order valence-corrected chi connectivity index (χ3v) is 4.04. The van der Waals surface area contributed by atoms with E-state index in [0.29, 0.717) is 10.7 Å². The average molecular weight is 388 g/mol. The number of nitrogens with zero attached hydrogens (tertiary/aromatic N) is 3. The number of aryl methyl sites for hydroxylation is 1. The van der Waals surface area contributed by atoms with Crippen molar-refractivity contribution < 1.29 is 14.0 Å². The largest absolute Gasteiger partial charge is 0.324 e. The molecule has 7 nitrogen and oxygen atoms in total. The maximum Gasteiger partial charge on any atom is 0.258 e. The number of amides is 2. The molecule has 0 aliphatic rings. The van der Waals surface area contributed by atoms with Crippen molar-refractivity contribution in [3.05, 3.63) is 70.8 Å². The summed E-state index contributed by atoms with van der Waals surface area (Å²) in [5.41, 5.74) is 1.75. The van der Waals surface area contributed by atoms with Crippen molar-refractivity contribution in [1.29, 1.82) is 0 Å². The van der Waals surface area contributed by atoms with Crippen LogP contribution in [0.5, 0.6) is 0 Å². The summed E-state index contributed by atoms with van der Waals surface area (Å²) in [5, 5.41) is 9.76. The van der Waals surface area contributed by atoms with Gasteiger partial charge in [0.05, 0.1) is 0 Å². The van der Waals surface area contributed by atoms with E-state index >= 15 is 0 Å². The number of halogens is 2. The number of benzene rings is 2. The van der Waals surface area contributed by atoms with Gasteiger partial charge in [-0.2, -0.15) is 0 Å². The predicted octanol–water partition coefficient (Wildman–Crippen LogP) is 3.27. The molecule has 0 saturated carbocycles. The van der Waals surface area contributed by atoms with Crippen molar-refractivity contribution in [3.63, 3.8) is 0 Å². The van der Waals surface area contributed by atoms with Gasteiger partial charge in [0.1, 0.15) is 18.7 Å². The lowest BCUT2D eigenvalue weighted by Crippen LogP contribution is -2.19. The van der Waals surface area contributed by atoms with Gasteiger partial charge in [-0.15, -0.1) is 5.10 Å². The van der Waals surface area contributed by atoms with Gasteiger partial charge in [-0.3, -0.25) is 14.9 Å². The molecule has 0 spiro atoms. The molecule has 0 unspecified atom stereocenters. The van der Waals surface area contributed by atoms with Crippen LogP contribution in [0.1, 0.15) is 15.9 Å². The summed E-state index contributed by atoms with van der Waals surface area (Å²) in [7, 11) is 0. The van der Waals surface area contributed by atoms with E-state index in [-0.39, 0.29) is 24.0 Å². The molecule has 2 N–H and O–H groups in total. The minimum atomic E-state index is -0.480. The molecule has 0 radical (unpaired) electrons. The third-order valence-electron chi connectivity index (χ3n) is 3.63. The van der Waals surface area contributed by atoms with Gasteiger partial charge in [0.2, 0.25) is 11.9 Å². The van der Waals surface area contributed by atoms with Gasteiger partial charge in [0.15, 0.2) is 0 Å². The summed E-state index contributed by atoms with van der Waals surface area (Å²) < 4.78 is 14.2. The van der Waals surface area contributed by atoms with Crippen molar-refractivity contribution in [3.8, 4) is 0 Å². The molecule has 3 rings (SSSR count). The van der Waals surface area contributed by atoms with Crippen LogP contribution in [0.2, 0.25) is 5.02 Å². The Bertz CT molecular complexity index is 988. The Morgan fingerprint density at radius 2 is 1.89 bits per heavy atom. The molecule has 0 aliphatic carbocycles.